The summed E-state index contributed by atoms with van der Waals surface area (Å²) in [5, 5.41) is 0. The number of carbonyl (C=O) groups excluding carboxylic acids is 1. The van der Waals surface area contributed by atoms with E-state index in [1.54, 1.807) is 0 Å². The first-order chi connectivity index (χ1) is 4.84. The second kappa shape index (κ2) is 3.49. The number of Topliss-reactive ketones (excluding diaryl/α,β-unsaturated/α-hetero) is 1. The normalized spacial score (nSPS) is 17.1. The summed E-state index contributed by atoms with van der Waals surface area (Å²) < 4.78 is 0. The predicted octanol–water partition coefficient (Wildman–Crippen LogP) is 1.59. The SMILES string of the molecule is CCCC(=O)C1=NCCC1. The molecule has 2 nitrogen and oxygen atoms in total. The molecule has 0 aromatic rings. The molecule has 56 valence electrons. The zero-order chi connectivity index (χ0) is 7.40. The lowest BCUT2D eigenvalue weighted by atomic mass is 10.1. The van der Waals surface area contributed by atoms with Gasteiger partial charge >= 0.3 is 0 Å². The monoisotopic (exact) mass is 139 g/mol. The Morgan fingerprint density at radius 2 is 2.50 bits per heavy atom. The van der Waals surface area contributed by atoms with Crippen molar-refractivity contribution in [3.63, 3.8) is 0 Å². The number of hydrogen-bond donors (Lipinski definition) is 0. The summed E-state index contributed by atoms with van der Waals surface area (Å²) >= 11 is 0. The lowest BCUT2D eigenvalue weighted by molar-refractivity contribution is -0.113. The maximum atomic E-state index is 11.1. The third kappa shape index (κ3) is 1.66. The van der Waals surface area contributed by atoms with Gasteiger partial charge in [0.2, 0.25) is 0 Å². The maximum absolute atomic E-state index is 11.1. The van der Waals surface area contributed by atoms with Crippen LogP contribution in [0.5, 0.6) is 0 Å². The molecule has 0 aliphatic carbocycles. The molecule has 0 fully saturated rings. The van der Waals surface area contributed by atoms with Crippen LogP contribution in [0.3, 0.4) is 0 Å². The Kier molecular flexibility index (Phi) is 2.60. The van der Waals surface area contributed by atoms with E-state index in [0.29, 0.717) is 6.42 Å². The highest BCUT2D eigenvalue weighted by Gasteiger charge is 2.13. The van der Waals surface area contributed by atoms with Crippen LogP contribution in [0.2, 0.25) is 0 Å². The molecule has 1 aliphatic rings. The summed E-state index contributed by atoms with van der Waals surface area (Å²) in [7, 11) is 0. The summed E-state index contributed by atoms with van der Waals surface area (Å²) in [6, 6.07) is 0. The number of hydrogen-bond acceptors (Lipinski definition) is 2. The van der Waals surface area contributed by atoms with Crippen LogP contribution in [0.4, 0.5) is 0 Å². The minimum atomic E-state index is 0.264. The molecule has 0 spiro atoms. The van der Waals surface area contributed by atoms with Crippen molar-refractivity contribution in [3.05, 3.63) is 0 Å². The fourth-order valence-corrected chi connectivity index (χ4v) is 1.14. The second-order valence-corrected chi connectivity index (χ2v) is 2.61. The van der Waals surface area contributed by atoms with Gasteiger partial charge < -0.3 is 0 Å². The lowest BCUT2D eigenvalue weighted by Crippen LogP contribution is -2.09. The number of rotatable bonds is 3. The number of carbonyl (C=O) groups is 1. The molecule has 2 heteroatoms. The van der Waals surface area contributed by atoms with Gasteiger partial charge in [-0.15, -0.1) is 0 Å². The topological polar surface area (TPSA) is 29.4 Å². The Morgan fingerprint density at radius 3 is 3.00 bits per heavy atom. The fraction of sp³-hybridized carbons (Fsp3) is 0.750. The third-order valence-corrected chi connectivity index (χ3v) is 1.67. The lowest BCUT2D eigenvalue weighted by Gasteiger charge is -1.94. The van der Waals surface area contributed by atoms with Crippen molar-refractivity contribution in [1.82, 2.24) is 0 Å². The first kappa shape index (κ1) is 7.45. The van der Waals surface area contributed by atoms with E-state index in [1.807, 2.05) is 6.92 Å². The minimum Gasteiger partial charge on any atom is -0.293 e. The summed E-state index contributed by atoms with van der Waals surface area (Å²) in [5.74, 6) is 0.264. The van der Waals surface area contributed by atoms with Crippen LogP contribution < -0.4 is 0 Å². The van der Waals surface area contributed by atoms with Gasteiger partial charge in [-0.3, -0.25) is 9.79 Å². The van der Waals surface area contributed by atoms with Crippen LogP contribution in [-0.4, -0.2) is 18.0 Å². The van der Waals surface area contributed by atoms with E-state index in [4.69, 9.17) is 0 Å². The molecule has 0 saturated heterocycles. The van der Waals surface area contributed by atoms with E-state index < -0.39 is 0 Å². The summed E-state index contributed by atoms with van der Waals surface area (Å²) in [6.07, 6.45) is 3.61. The van der Waals surface area contributed by atoms with Crippen LogP contribution in [-0.2, 0) is 4.79 Å². The molecule has 0 N–H and O–H groups in total. The Morgan fingerprint density at radius 1 is 1.70 bits per heavy atom. The molecule has 0 aromatic heterocycles. The van der Waals surface area contributed by atoms with Crippen LogP contribution in [0.15, 0.2) is 4.99 Å². The second-order valence-electron chi connectivity index (χ2n) is 2.61. The Hall–Kier alpha value is -0.660. The number of ketones is 1. The average molecular weight is 139 g/mol. The van der Waals surface area contributed by atoms with Crippen molar-refractivity contribution in [3.8, 4) is 0 Å². The van der Waals surface area contributed by atoms with E-state index in [1.165, 1.54) is 0 Å². The van der Waals surface area contributed by atoms with Gasteiger partial charge in [-0.05, 0) is 19.3 Å². The van der Waals surface area contributed by atoms with Crippen molar-refractivity contribution in [1.29, 1.82) is 0 Å². The molecule has 1 rings (SSSR count). The molecular weight excluding hydrogens is 126 g/mol. The first-order valence-electron chi connectivity index (χ1n) is 3.91. The standard InChI is InChI=1S/C8H13NO/c1-2-4-8(10)7-5-3-6-9-7/h2-6H2,1H3. The van der Waals surface area contributed by atoms with Gasteiger partial charge in [-0.25, -0.2) is 0 Å². The molecule has 1 aliphatic heterocycles. The van der Waals surface area contributed by atoms with Gasteiger partial charge in [0.25, 0.3) is 0 Å². The number of aliphatic imine (C=N–C) groups is 1. The molecule has 0 amide bonds. The molecule has 0 unspecified atom stereocenters. The van der Waals surface area contributed by atoms with Gasteiger partial charge in [-0.1, -0.05) is 6.92 Å². The highest BCUT2D eigenvalue weighted by atomic mass is 16.1. The van der Waals surface area contributed by atoms with Crippen LogP contribution in [0.1, 0.15) is 32.6 Å². The Bertz CT molecular complexity index is 161. The zero-order valence-electron chi connectivity index (χ0n) is 6.39. The predicted molar refractivity (Wildman–Crippen MR) is 41.5 cm³/mol. The van der Waals surface area contributed by atoms with Gasteiger partial charge in [0.05, 0.1) is 5.71 Å². The minimum absolute atomic E-state index is 0.264. The molecular formula is C8H13NO. The van der Waals surface area contributed by atoms with E-state index in [2.05, 4.69) is 4.99 Å². The van der Waals surface area contributed by atoms with Gasteiger partial charge in [0.1, 0.15) is 0 Å². The van der Waals surface area contributed by atoms with Crippen molar-refractivity contribution in [2.45, 2.75) is 32.6 Å². The maximum Gasteiger partial charge on any atom is 0.176 e. The van der Waals surface area contributed by atoms with Gasteiger partial charge in [0.15, 0.2) is 5.78 Å². The fourth-order valence-electron chi connectivity index (χ4n) is 1.14. The molecule has 10 heavy (non-hydrogen) atoms. The summed E-state index contributed by atoms with van der Waals surface area (Å²) in [4.78, 5) is 15.2. The van der Waals surface area contributed by atoms with Crippen LogP contribution in [0, 0.1) is 0 Å². The van der Waals surface area contributed by atoms with Gasteiger partial charge in [0, 0.05) is 13.0 Å². The van der Waals surface area contributed by atoms with E-state index in [9.17, 15) is 4.79 Å². The first-order valence-corrected chi connectivity index (χ1v) is 3.91. The Labute approximate surface area is 61.3 Å². The quantitative estimate of drug-likeness (QED) is 0.583. The highest BCUT2D eigenvalue weighted by Crippen LogP contribution is 2.06. The molecule has 1 heterocycles. The van der Waals surface area contributed by atoms with Crippen molar-refractivity contribution in [2.75, 3.05) is 6.54 Å². The van der Waals surface area contributed by atoms with Crippen LogP contribution in [0.25, 0.3) is 0 Å². The third-order valence-electron chi connectivity index (χ3n) is 1.67. The molecule has 0 bridgehead atoms. The number of nitrogens with zero attached hydrogens (tertiary/aromatic N) is 1. The van der Waals surface area contributed by atoms with E-state index >= 15 is 0 Å². The molecule has 0 radical (unpaired) electrons. The van der Waals surface area contributed by atoms with Crippen molar-refractivity contribution >= 4 is 11.5 Å². The molecule has 0 saturated carbocycles. The van der Waals surface area contributed by atoms with Crippen molar-refractivity contribution < 1.29 is 4.79 Å². The average Bonchev–Trinajstić information content (AvgIpc) is 2.38. The smallest absolute Gasteiger partial charge is 0.176 e. The molecule has 0 atom stereocenters. The van der Waals surface area contributed by atoms with E-state index in [0.717, 1.165) is 31.5 Å². The van der Waals surface area contributed by atoms with E-state index in [-0.39, 0.29) is 5.78 Å². The van der Waals surface area contributed by atoms with Crippen LogP contribution >= 0.6 is 0 Å². The largest absolute Gasteiger partial charge is 0.293 e. The van der Waals surface area contributed by atoms with Crippen molar-refractivity contribution in [2.24, 2.45) is 4.99 Å². The molecule has 0 aromatic carbocycles. The summed E-state index contributed by atoms with van der Waals surface area (Å²) in [6.45, 7) is 2.89. The Balaban J connectivity index is 2.40. The summed E-state index contributed by atoms with van der Waals surface area (Å²) in [5.41, 5.74) is 0.835. The zero-order valence-corrected chi connectivity index (χ0v) is 6.39. The van der Waals surface area contributed by atoms with Gasteiger partial charge in [-0.2, -0.15) is 0 Å². The highest BCUT2D eigenvalue weighted by molar-refractivity contribution is 6.40.